The van der Waals surface area contributed by atoms with Gasteiger partial charge in [0.25, 0.3) is 0 Å². The highest BCUT2D eigenvalue weighted by Gasteiger charge is 2.09. The Morgan fingerprint density at radius 1 is 0.750 bits per heavy atom. The van der Waals surface area contributed by atoms with Gasteiger partial charge < -0.3 is 24.7 Å². The van der Waals surface area contributed by atoms with Gasteiger partial charge in [0, 0.05) is 12.6 Å². The first-order valence-electron chi connectivity index (χ1n) is 8.92. The van der Waals surface area contributed by atoms with Crippen molar-refractivity contribution in [2.24, 2.45) is 5.73 Å². The molecule has 0 spiro atoms. The zero-order valence-electron chi connectivity index (χ0n) is 16.1. The number of nitrogens with zero attached hydrogens (tertiary/aromatic N) is 1. The Labute approximate surface area is 164 Å². The van der Waals surface area contributed by atoms with Gasteiger partial charge >= 0.3 is 0 Å². The third-order valence-corrected chi connectivity index (χ3v) is 4.20. The zero-order chi connectivity index (χ0) is 19.8. The molecule has 0 amide bonds. The van der Waals surface area contributed by atoms with Crippen LogP contribution in [-0.2, 0) is 19.8 Å². The molecular formula is C22H24N2O4. The van der Waals surface area contributed by atoms with E-state index in [0.717, 1.165) is 28.3 Å². The smallest absolute Gasteiger partial charge is 0.179 e. The van der Waals surface area contributed by atoms with Crippen LogP contribution in [0.5, 0.6) is 23.0 Å². The molecule has 0 radical (unpaired) electrons. The van der Waals surface area contributed by atoms with E-state index in [2.05, 4.69) is 4.98 Å². The molecule has 0 unspecified atom stereocenters. The van der Waals surface area contributed by atoms with Crippen molar-refractivity contribution in [1.82, 2.24) is 4.98 Å². The van der Waals surface area contributed by atoms with Crippen LogP contribution in [0.4, 0.5) is 0 Å². The van der Waals surface area contributed by atoms with Crippen molar-refractivity contribution in [3.8, 4) is 23.0 Å². The number of hydrogen-bond acceptors (Lipinski definition) is 6. The summed E-state index contributed by atoms with van der Waals surface area (Å²) in [6.45, 7) is 1.13. The summed E-state index contributed by atoms with van der Waals surface area (Å²) in [5.41, 5.74) is 8.49. The molecule has 0 saturated heterocycles. The summed E-state index contributed by atoms with van der Waals surface area (Å²) in [5, 5.41) is 0. The maximum Gasteiger partial charge on any atom is 0.179 e. The van der Waals surface area contributed by atoms with Crippen molar-refractivity contribution in [3.05, 3.63) is 77.6 Å². The summed E-state index contributed by atoms with van der Waals surface area (Å²) in [5.74, 6) is 2.80. The first-order chi connectivity index (χ1) is 13.7. The van der Waals surface area contributed by atoms with Crippen LogP contribution in [0, 0.1) is 0 Å². The molecule has 6 heteroatoms. The van der Waals surface area contributed by atoms with E-state index < -0.39 is 0 Å². The molecule has 0 aliphatic heterocycles. The van der Waals surface area contributed by atoms with Crippen molar-refractivity contribution in [3.63, 3.8) is 0 Å². The minimum Gasteiger partial charge on any atom is -0.497 e. The van der Waals surface area contributed by atoms with Crippen LogP contribution in [0.15, 0.2) is 60.8 Å². The van der Waals surface area contributed by atoms with Crippen LogP contribution >= 0.6 is 0 Å². The molecule has 0 fully saturated rings. The molecule has 28 heavy (non-hydrogen) atoms. The normalized spacial score (nSPS) is 10.4. The fraction of sp³-hybridized carbons (Fsp3) is 0.227. The van der Waals surface area contributed by atoms with Crippen LogP contribution in [0.2, 0.25) is 0 Å². The van der Waals surface area contributed by atoms with E-state index >= 15 is 0 Å². The average molecular weight is 380 g/mol. The van der Waals surface area contributed by atoms with E-state index in [1.165, 1.54) is 0 Å². The Kier molecular flexibility index (Phi) is 6.70. The van der Waals surface area contributed by atoms with Crippen LogP contribution in [0.25, 0.3) is 0 Å². The molecule has 0 saturated carbocycles. The molecule has 1 heterocycles. The van der Waals surface area contributed by atoms with Crippen molar-refractivity contribution in [1.29, 1.82) is 0 Å². The average Bonchev–Trinajstić information content (AvgIpc) is 2.77. The zero-order valence-corrected chi connectivity index (χ0v) is 16.1. The topological polar surface area (TPSA) is 75.8 Å². The van der Waals surface area contributed by atoms with Gasteiger partial charge in [-0.05, 0) is 35.4 Å². The van der Waals surface area contributed by atoms with Crippen LogP contribution in [0.1, 0.15) is 16.8 Å². The molecule has 0 aliphatic rings. The Morgan fingerprint density at radius 2 is 1.25 bits per heavy atom. The second-order valence-corrected chi connectivity index (χ2v) is 6.10. The van der Waals surface area contributed by atoms with E-state index in [1.54, 1.807) is 20.4 Å². The third-order valence-electron chi connectivity index (χ3n) is 4.20. The van der Waals surface area contributed by atoms with Gasteiger partial charge in [0.15, 0.2) is 11.5 Å². The second kappa shape index (κ2) is 9.62. The monoisotopic (exact) mass is 380 g/mol. The standard InChI is InChI=1S/C22H24N2O4/c1-25-19-7-3-16(4-8-19)14-27-21-11-18(12-23)24-13-22(21)28-15-17-5-9-20(26-2)10-6-17/h3-11,13H,12,14-15,23H2,1-2H3. The van der Waals surface area contributed by atoms with E-state index in [0.29, 0.717) is 31.3 Å². The van der Waals surface area contributed by atoms with Gasteiger partial charge in [-0.2, -0.15) is 0 Å². The molecular weight excluding hydrogens is 356 g/mol. The van der Waals surface area contributed by atoms with Crippen molar-refractivity contribution in [2.75, 3.05) is 14.2 Å². The summed E-state index contributed by atoms with van der Waals surface area (Å²) in [7, 11) is 3.28. The van der Waals surface area contributed by atoms with Crippen molar-refractivity contribution in [2.45, 2.75) is 19.8 Å². The minimum absolute atomic E-state index is 0.331. The van der Waals surface area contributed by atoms with Gasteiger partial charge in [-0.1, -0.05) is 24.3 Å². The Hall–Kier alpha value is -3.25. The molecule has 2 N–H and O–H groups in total. The largest absolute Gasteiger partial charge is 0.497 e. The van der Waals surface area contributed by atoms with Gasteiger partial charge in [-0.25, -0.2) is 0 Å². The molecule has 3 aromatic rings. The predicted molar refractivity (Wildman–Crippen MR) is 107 cm³/mol. The number of benzene rings is 2. The van der Waals surface area contributed by atoms with E-state index in [1.807, 2.05) is 54.6 Å². The molecule has 0 aliphatic carbocycles. The van der Waals surface area contributed by atoms with E-state index in [9.17, 15) is 0 Å². The van der Waals surface area contributed by atoms with Gasteiger partial charge in [0.05, 0.1) is 26.1 Å². The molecule has 0 atom stereocenters. The fourth-order valence-electron chi connectivity index (χ4n) is 2.56. The second-order valence-electron chi connectivity index (χ2n) is 6.10. The van der Waals surface area contributed by atoms with E-state index in [-0.39, 0.29) is 0 Å². The molecule has 2 aromatic carbocycles. The van der Waals surface area contributed by atoms with Gasteiger partial charge in [0.2, 0.25) is 0 Å². The number of ether oxygens (including phenoxy) is 4. The number of aromatic nitrogens is 1. The minimum atomic E-state index is 0.331. The maximum atomic E-state index is 5.98. The number of hydrogen-bond donors (Lipinski definition) is 1. The van der Waals surface area contributed by atoms with Crippen LogP contribution < -0.4 is 24.7 Å². The Balaban J connectivity index is 1.69. The number of rotatable bonds is 9. The number of nitrogens with two attached hydrogens (primary N) is 1. The maximum absolute atomic E-state index is 5.98. The molecule has 3 rings (SSSR count). The van der Waals surface area contributed by atoms with Crippen molar-refractivity contribution >= 4 is 0 Å². The van der Waals surface area contributed by atoms with Gasteiger partial charge in [0.1, 0.15) is 24.7 Å². The summed E-state index contributed by atoms with van der Waals surface area (Å²) in [4.78, 5) is 4.31. The molecule has 6 nitrogen and oxygen atoms in total. The van der Waals surface area contributed by atoms with E-state index in [4.69, 9.17) is 24.7 Å². The lowest BCUT2D eigenvalue weighted by molar-refractivity contribution is 0.254. The lowest BCUT2D eigenvalue weighted by Gasteiger charge is -2.14. The molecule has 0 bridgehead atoms. The Bertz CT molecular complexity index is 880. The van der Waals surface area contributed by atoms with Crippen LogP contribution in [0.3, 0.4) is 0 Å². The lowest BCUT2D eigenvalue weighted by Crippen LogP contribution is -2.05. The third kappa shape index (κ3) is 5.14. The quantitative estimate of drug-likeness (QED) is 0.610. The predicted octanol–water partition coefficient (Wildman–Crippen LogP) is 3.72. The lowest BCUT2D eigenvalue weighted by atomic mass is 10.2. The summed E-state index contributed by atoms with van der Waals surface area (Å²) in [6, 6.07) is 17.2. The van der Waals surface area contributed by atoms with Gasteiger partial charge in [-0.3, -0.25) is 4.98 Å². The highest BCUT2D eigenvalue weighted by molar-refractivity contribution is 5.40. The van der Waals surface area contributed by atoms with Crippen LogP contribution in [-0.4, -0.2) is 19.2 Å². The SMILES string of the molecule is COc1ccc(COc2cnc(CN)cc2OCc2ccc(OC)cc2)cc1. The first kappa shape index (κ1) is 19.5. The summed E-state index contributed by atoms with van der Waals surface area (Å²) < 4.78 is 22.3. The number of methoxy groups -OCH3 is 2. The summed E-state index contributed by atoms with van der Waals surface area (Å²) in [6.07, 6.45) is 1.65. The first-order valence-corrected chi connectivity index (χ1v) is 8.92. The highest BCUT2D eigenvalue weighted by atomic mass is 16.5. The number of pyridine rings is 1. The summed E-state index contributed by atoms with van der Waals surface area (Å²) >= 11 is 0. The molecule has 146 valence electrons. The van der Waals surface area contributed by atoms with Gasteiger partial charge in [-0.15, -0.1) is 0 Å². The fourth-order valence-corrected chi connectivity index (χ4v) is 2.56. The highest BCUT2D eigenvalue weighted by Crippen LogP contribution is 2.29. The Morgan fingerprint density at radius 3 is 1.71 bits per heavy atom. The van der Waals surface area contributed by atoms with Crippen molar-refractivity contribution < 1.29 is 18.9 Å². The molecule has 1 aromatic heterocycles.